The van der Waals surface area contributed by atoms with Crippen LogP contribution in [0.3, 0.4) is 0 Å². The van der Waals surface area contributed by atoms with Gasteiger partial charge in [-0.05, 0) is 19.3 Å². The first-order chi connectivity index (χ1) is 10.7. The SMILES string of the molecule is CCC(COC)NC(=O)C1CC(=O)N(C2CCCCCC2)C1. The molecule has 2 unspecified atom stereocenters. The molecule has 126 valence electrons. The molecule has 2 rings (SSSR count). The van der Waals surface area contributed by atoms with Crippen molar-refractivity contribution in [2.75, 3.05) is 20.3 Å². The monoisotopic (exact) mass is 310 g/mol. The number of nitrogens with one attached hydrogen (secondary N) is 1. The summed E-state index contributed by atoms with van der Waals surface area (Å²) in [5.41, 5.74) is 0. The van der Waals surface area contributed by atoms with Crippen LogP contribution in [-0.2, 0) is 14.3 Å². The molecule has 0 aromatic rings. The standard InChI is InChI=1S/C17H30N2O3/c1-3-14(12-22-2)18-17(21)13-10-16(20)19(11-13)15-8-6-4-5-7-9-15/h13-15H,3-12H2,1-2H3,(H,18,21). The molecule has 1 aliphatic heterocycles. The Bertz CT molecular complexity index is 378. The van der Waals surface area contributed by atoms with Crippen molar-refractivity contribution < 1.29 is 14.3 Å². The second kappa shape index (κ2) is 8.51. The lowest BCUT2D eigenvalue weighted by atomic mass is 10.1. The van der Waals surface area contributed by atoms with Gasteiger partial charge in [-0.3, -0.25) is 9.59 Å². The van der Waals surface area contributed by atoms with E-state index in [9.17, 15) is 9.59 Å². The highest BCUT2D eigenvalue weighted by Gasteiger charge is 2.38. The first-order valence-corrected chi connectivity index (χ1v) is 8.74. The molecule has 1 saturated heterocycles. The van der Waals surface area contributed by atoms with Crippen LogP contribution in [0.25, 0.3) is 0 Å². The molecular weight excluding hydrogens is 280 g/mol. The third kappa shape index (κ3) is 4.45. The van der Waals surface area contributed by atoms with Gasteiger partial charge in [0.1, 0.15) is 0 Å². The van der Waals surface area contributed by atoms with Crippen molar-refractivity contribution in [1.29, 1.82) is 0 Å². The Morgan fingerprint density at radius 1 is 1.32 bits per heavy atom. The molecule has 2 aliphatic rings. The smallest absolute Gasteiger partial charge is 0.225 e. The molecule has 0 aromatic carbocycles. The van der Waals surface area contributed by atoms with Gasteiger partial charge in [0.15, 0.2) is 0 Å². The highest BCUT2D eigenvalue weighted by molar-refractivity contribution is 5.89. The Morgan fingerprint density at radius 2 is 2.00 bits per heavy atom. The quantitative estimate of drug-likeness (QED) is 0.764. The lowest BCUT2D eigenvalue weighted by Crippen LogP contribution is -2.42. The van der Waals surface area contributed by atoms with Crippen molar-refractivity contribution in [1.82, 2.24) is 10.2 Å². The van der Waals surface area contributed by atoms with Crippen molar-refractivity contribution in [3.05, 3.63) is 0 Å². The normalized spacial score (nSPS) is 25.1. The summed E-state index contributed by atoms with van der Waals surface area (Å²) in [6.45, 7) is 3.15. The first kappa shape index (κ1) is 17.3. The molecule has 22 heavy (non-hydrogen) atoms. The van der Waals surface area contributed by atoms with Crippen molar-refractivity contribution in [2.45, 2.75) is 70.4 Å². The molecule has 0 aromatic heterocycles. The van der Waals surface area contributed by atoms with E-state index in [1.807, 2.05) is 11.8 Å². The number of carbonyl (C=O) groups excluding carboxylic acids is 2. The van der Waals surface area contributed by atoms with Crippen molar-refractivity contribution in [3.8, 4) is 0 Å². The molecule has 5 nitrogen and oxygen atoms in total. The van der Waals surface area contributed by atoms with E-state index in [1.165, 1.54) is 25.7 Å². The molecule has 0 radical (unpaired) electrons. The summed E-state index contributed by atoms with van der Waals surface area (Å²) in [4.78, 5) is 26.7. The van der Waals surface area contributed by atoms with Crippen LogP contribution in [0.15, 0.2) is 0 Å². The van der Waals surface area contributed by atoms with Crippen molar-refractivity contribution in [2.24, 2.45) is 5.92 Å². The summed E-state index contributed by atoms with van der Waals surface area (Å²) >= 11 is 0. The Hall–Kier alpha value is -1.10. The maximum absolute atomic E-state index is 12.4. The molecule has 0 spiro atoms. The fourth-order valence-electron chi connectivity index (χ4n) is 3.61. The van der Waals surface area contributed by atoms with E-state index < -0.39 is 0 Å². The Balaban J connectivity index is 1.89. The summed E-state index contributed by atoms with van der Waals surface area (Å²) in [6, 6.07) is 0.397. The van der Waals surface area contributed by atoms with Gasteiger partial charge in [-0.15, -0.1) is 0 Å². The summed E-state index contributed by atoms with van der Waals surface area (Å²) < 4.78 is 5.12. The van der Waals surface area contributed by atoms with Gasteiger partial charge < -0.3 is 15.0 Å². The minimum Gasteiger partial charge on any atom is -0.383 e. The van der Waals surface area contributed by atoms with E-state index >= 15 is 0 Å². The number of hydrogen-bond acceptors (Lipinski definition) is 3. The lowest BCUT2D eigenvalue weighted by molar-refractivity contribution is -0.130. The Labute approximate surface area is 133 Å². The molecule has 1 heterocycles. The van der Waals surface area contributed by atoms with E-state index in [4.69, 9.17) is 4.74 Å². The van der Waals surface area contributed by atoms with Crippen molar-refractivity contribution in [3.63, 3.8) is 0 Å². The zero-order valence-corrected chi connectivity index (χ0v) is 14.0. The second-order valence-electron chi connectivity index (χ2n) is 6.66. The van der Waals surface area contributed by atoms with Gasteiger partial charge in [-0.1, -0.05) is 32.6 Å². The number of hydrogen-bond donors (Lipinski definition) is 1. The molecule has 0 bridgehead atoms. The van der Waals surface area contributed by atoms with Crippen LogP contribution in [0, 0.1) is 5.92 Å². The highest BCUT2D eigenvalue weighted by atomic mass is 16.5. The predicted octanol–water partition coefficient (Wildman–Crippen LogP) is 2.10. The molecule has 1 aliphatic carbocycles. The summed E-state index contributed by atoms with van der Waals surface area (Å²) in [5.74, 6) is -0.0260. The van der Waals surface area contributed by atoms with E-state index in [0.29, 0.717) is 25.6 Å². The van der Waals surface area contributed by atoms with E-state index in [-0.39, 0.29) is 23.8 Å². The van der Waals surface area contributed by atoms with Gasteiger partial charge in [0.25, 0.3) is 0 Å². The van der Waals surface area contributed by atoms with E-state index in [1.54, 1.807) is 7.11 Å². The van der Waals surface area contributed by atoms with Gasteiger partial charge in [-0.2, -0.15) is 0 Å². The zero-order valence-electron chi connectivity index (χ0n) is 14.0. The second-order valence-corrected chi connectivity index (χ2v) is 6.66. The minimum absolute atomic E-state index is 0.00775. The molecule has 1 saturated carbocycles. The van der Waals surface area contributed by atoms with E-state index in [2.05, 4.69) is 5.32 Å². The van der Waals surface area contributed by atoms with Crippen LogP contribution in [0.1, 0.15) is 58.3 Å². The Morgan fingerprint density at radius 3 is 2.59 bits per heavy atom. The highest BCUT2D eigenvalue weighted by Crippen LogP contribution is 2.28. The van der Waals surface area contributed by atoms with Gasteiger partial charge in [-0.25, -0.2) is 0 Å². The topological polar surface area (TPSA) is 58.6 Å². The van der Waals surface area contributed by atoms with Crippen LogP contribution in [0.2, 0.25) is 0 Å². The average molecular weight is 310 g/mol. The van der Waals surface area contributed by atoms with Gasteiger partial charge in [0.2, 0.25) is 11.8 Å². The molecule has 5 heteroatoms. The number of likely N-dealkylation sites (tertiary alicyclic amines) is 1. The number of nitrogens with zero attached hydrogens (tertiary/aromatic N) is 1. The van der Waals surface area contributed by atoms with Gasteiger partial charge in [0.05, 0.1) is 18.6 Å². The van der Waals surface area contributed by atoms with Crippen LogP contribution < -0.4 is 5.32 Å². The number of carbonyl (C=O) groups is 2. The van der Waals surface area contributed by atoms with E-state index in [0.717, 1.165) is 19.3 Å². The van der Waals surface area contributed by atoms with Crippen LogP contribution in [0.5, 0.6) is 0 Å². The summed E-state index contributed by atoms with van der Waals surface area (Å²) in [5, 5.41) is 3.02. The third-order valence-corrected chi connectivity index (χ3v) is 5.00. The lowest BCUT2D eigenvalue weighted by Gasteiger charge is -2.27. The maximum Gasteiger partial charge on any atom is 0.225 e. The number of ether oxygens (including phenoxy) is 1. The number of amides is 2. The number of rotatable bonds is 6. The minimum atomic E-state index is -0.193. The molecule has 2 fully saturated rings. The fraction of sp³-hybridized carbons (Fsp3) is 0.882. The van der Waals surface area contributed by atoms with Gasteiger partial charge >= 0.3 is 0 Å². The first-order valence-electron chi connectivity index (χ1n) is 8.74. The van der Waals surface area contributed by atoms with Gasteiger partial charge in [0, 0.05) is 26.1 Å². The average Bonchev–Trinajstić information content (AvgIpc) is 2.73. The molecular formula is C17H30N2O3. The Kier molecular flexibility index (Phi) is 6.68. The predicted molar refractivity (Wildman–Crippen MR) is 85.4 cm³/mol. The largest absolute Gasteiger partial charge is 0.383 e. The summed E-state index contributed by atoms with van der Waals surface area (Å²) in [7, 11) is 1.64. The number of methoxy groups -OCH3 is 1. The van der Waals surface area contributed by atoms with Crippen LogP contribution in [0.4, 0.5) is 0 Å². The summed E-state index contributed by atoms with van der Waals surface area (Å²) in [6.07, 6.45) is 8.37. The maximum atomic E-state index is 12.4. The molecule has 1 N–H and O–H groups in total. The van der Waals surface area contributed by atoms with Crippen molar-refractivity contribution >= 4 is 11.8 Å². The third-order valence-electron chi connectivity index (χ3n) is 5.00. The molecule has 2 amide bonds. The van der Waals surface area contributed by atoms with Crippen LogP contribution >= 0.6 is 0 Å². The fourth-order valence-corrected chi connectivity index (χ4v) is 3.61. The molecule has 2 atom stereocenters. The zero-order chi connectivity index (χ0) is 15.9. The van der Waals surface area contributed by atoms with Crippen LogP contribution in [-0.4, -0.2) is 49.1 Å².